The average molecular weight is 247 g/mol. The van der Waals surface area contributed by atoms with Crippen LogP contribution in [0.5, 0.6) is 0 Å². The molecular weight excluding hydrogens is 234 g/mol. The number of hydrogen-bond donors (Lipinski definition) is 1. The molecule has 1 atom stereocenters. The summed E-state index contributed by atoms with van der Waals surface area (Å²) >= 11 is 0. The average Bonchev–Trinajstić information content (AvgIpc) is 2.36. The Bertz CT molecular complexity index is 490. The molecule has 5 heteroatoms. The third-order valence-electron chi connectivity index (χ3n) is 2.34. The second kappa shape index (κ2) is 6.40. The number of nitrogens with zero attached hydrogens (tertiary/aromatic N) is 1. The van der Waals surface area contributed by atoms with Gasteiger partial charge in [-0.1, -0.05) is 12.1 Å². The Morgan fingerprint density at radius 3 is 2.78 bits per heavy atom. The van der Waals surface area contributed by atoms with E-state index in [1.165, 1.54) is 12.1 Å². The molecule has 1 aromatic rings. The van der Waals surface area contributed by atoms with Gasteiger partial charge < -0.3 is 9.84 Å². The molecule has 0 aliphatic carbocycles. The fourth-order valence-electron chi connectivity index (χ4n) is 1.49. The van der Waals surface area contributed by atoms with Crippen molar-refractivity contribution in [1.29, 1.82) is 5.26 Å². The Morgan fingerprint density at radius 2 is 2.22 bits per heavy atom. The number of carbonyl (C=O) groups excluding carboxylic acids is 1. The molecule has 1 N–H and O–H groups in total. The van der Waals surface area contributed by atoms with Crippen molar-refractivity contribution in [2.45, 2.75) is 13.3 Å². The number of carboxylic acid groups (broad SMARTS) is 1. The summed E-state index contributed by atoms with van der Waals surface area (Å²) in [5, 5.41) is 17.7. The predicted molar refractivity (Wildman–Crippen MR) is 62.8 cm³/mol. The van der Waals surface area contributed by atoms with Crippen LogP contribution in [-0.4, -0.2) is 23.7 Å². The molecule has 0 heterocycles. The lowest BCUT2D eigenvalue weighted by atomic mass is 9.99. The van der Waals surface area contributed by atoms with Crippen LogP contribution < -0.4 is 0 Å². The van der Waals surface area contributed by atoms with Crippen LogP contribution in [0, 0.1) is 17.2 Å². The number of esters is 1. The first-order chi connectivity index (χ1) is 8.58. The van der Waals surface area contributed by atoms with E-state index in [0.29, 0.717) is 5.56 Å². The highest BCUT2D eigenvalue weighted by atomic mass is 16.5. The Kier molecular flexibility index (Phi) is 4.88. The lowest BCUT2D eigenvalue weighted by Crippen LogP contribution is -2.18. The number of aromatic carboxylic acids is 1. The zero-order valence-corrected chi connectivity index (χ0v) is 9.92. The number of nitriles is 1. The van der Waals surface area contributed by atoms with E-state index in [-0.39, 0.29) is 18.6 Å². The monoisotopic (exact) mass is 247 g/mol. The summed E-state index contributed by atoms with van der Waals surface area (Å²) in [7, 11) is 0. The first kappa shape index (κ1) is 13.7. The Morgan fingerprint density at radius 1 is 1.50 bits per heavy atom. The van der Waals surface area contributed by atoms with E-state index in [1.807, 2.05) is 6.07 Å². The van der Waals surface area contributed by atoms with Gasteiger partial charge in [0.05, 0.1) is 18.2 Å². The lowest BCUT2D eigenvalue weighted by Gasteiger charge is -2.08. The van der Waals surface area contributed by atoms with Crippen LogP contribution in [-0.2, 0) is 16.0 Å². The number of carbonyl (C=O) groups is 2. The fraction of sp³-hybridized carbons (Fsp3) is 0.308. The van der Waals surface area contributed by atoms with Crippen LogP contribution in [0.25, 0.3) is 0 Å². The van der Waals surface area contributed by atoms with E-state index >= 15 is 0 Å². The van der Waals surface area contributed by atoms with Gasteiger partial charge >= 0.3 is 11.9 Å². The molecule has 0 bridgehead atoms. The molecule has 0 saturated carbocycles. The summed E-state index contributed by atoms with van der Waals surface area (Å²) in [6.45, 7) is 1.88. The molecule has 0 saturated heterocycles. The molecule has 94 valence electrons. The zero-order valence-electron chi connectivity index (χ0n) is 9.92. The molecular formula is C13H13NO4. The van der Waals surface area contributed by atoms with Gasteiger partial charge in [-0.3, -0.25) is 4.79 Å². The largest absolute Gasteiger partial charge is 0.478 e. The van der Waals surface area contributed by atoms with Crippen LogP contribution in [0.4, 0.5) is 0 Å². The van der Waals surface area contributed by atoms with Crippen molar-refractivity contribution >= 4 is 11.9 Å². The molecule has 0 aliphatic rings. The van der Waals surface area contributed by atoms with Gasteiger partial charge in [0.2, 0.25) is 0 Å². The summed E-state index contributed by atoms with van der Waals surface area (Å²) in [5.74, 6) is -2.53. The second-order valence-corrected chi connectivity index (χ2v) is 3.64. The third kappa shape index (κ3) is 3.59. The molecule has 5 nitrogen and oxygen atoms in total. The number of hydrogen-bond acceptors (Lipinski definition) is 4. The summed E-state index contributed by atoms with van der Waals surface area (Å²) in [6.07, 6.45) is 0.149. The van der Waals surface area contributed by atoms with Gasteiger partial charge in [0.15, 0.2) is 0 Å². The van der Waals surface area contributed by atoms with Crippen molar-refractivity contribution in [2.24, 2.45) is 5.92 Å². The maximum Gasteiger partial charge on any atom is 0.335 e. The molecule has 0 aromatic heterocycles. The van der Waals surface area contributed by atoms with Crippen LogP contribution in [0.1, 0.15) is 22.8 Å². The highest BCUT2D eigenvalue weighted by Gasteiger charge is 2.20. The van der Waals surface area contributed by atoms with Gasteiger partial charge in [0.1, 0.15) is 5.92 Å². The zero-order chi connectivity index (χ0) is 13.5. The minimum Gasteiger partial charge on any atom is -0.478 e. The van der Waals surface area contributed by atoms with Gasteiger partial charge in [-0.2, -0.15) is 5.26 Å². The highest BCUT2D eigenvalue weighted by Crippen LogP contribution is 2.12. The molecule has 18 heavy (non-hydrogen) atoms. The van der Waals surface area contributed by atoms with Gasteiger partial charge in [0.25, 0.3) is 0 Å². The number of benzene rings is 1. The SMILES string of the molecule is CCOC(=O)C(C#N)Cc1cccc(C(=O)O)c1. The van der Waals surface area contributed by atoms with E-state index in [9.17, 15) is 9.59 Å². The van der Waals surface area contributed by atoms with Crippen LogP contribution in [0.15, 0.2) is 24.3 Å². The second-order valence-electron chi connectivity index (χ2n) is 3.64. The first-order valence-corrected chi connectivity index (χ1v) is 5.47. The Hall–Kier alpha value is -2.35. The molecule has 0 aliphatic heterocycles. The van der Waals surface area contributed by atoms with Crippen molar-refractivity contribution in [3.63, 3.8) is 0 Å². The molecule has 0 spiro atoms. The summed E-state index contributed by atoms with van der Waals surface area (Å²) in [6, 6.07) is 8.03. The topological polar surface area (TPSA) is 87.4 Å². The Labute approximate surface area is 105 Å². The quantitative estimate of drug-likeness (QED) is 0.799. The van der Waals surface area contributed by atoms with Crippen molar-refractivity contribution in [2.75, 3.05) is 6.61 Å². The minimum atomic E-state index is -1.04. The minimum absolute atomic E-state index is 0.132. The van der Waals surface area contributed by atoms with E-state index < -0.39 is 17.9 Å². The maximum absolute atomic E-state index is 11.4. The van der Waals surface area contributed by atoms with Gasteiger partial charge in [-0.15, -0.1) is 0 Å². The predicted octanol–water partition coefficient (Wildman–Crippen LogP) is 1.63. The lowest BCUT2D eigenvalue weighted by molar-refractivity contribution is -0.145. The summed E-state index contributed by atoms with van der Waals surface area (Å²) in [5.41, 5.74) is 0.752. The highest BCUT2D eigenvalue weighted by molar-refractivity contribution is 5.87. The molecule has 1 rings (SSSR count). The Balaban J connectivity index is 2.83. The number of ether oxygens (including phenoxy) is 1. The normalized spacial score (nSPS) is 11.3. The van der Waals surface area contributed by atoms with E-state index in [4.69, 9.17) is 15.1 Å². The molecule has 0 radical (unpaired) electrons. The molecule has 1 aromatic carbocycles. The standard InChI is InChI=1S/C13H13NO4/c1-2-18-13(17)11(8-14)7-9-4-3-5-10(6-9)12(15)16/h3-6,11H,2,7H2,1H3,(H,15,16). The number of rotatable bonds is 5. The van der Waals surface area contributed by atoms with Gasteiger partial charge in [-0.05, 0) is 31.0 Å². The number of carboxylic acids is 1. The van der Waals surface area contributed by atoms with Gasteiger partial charge in [-0.25, -0.2) is 4.79 Å². The van der Waals surface area contributed by atoms with Crippen LogP contribution in [0.2, 0.25) is 0 Å². The summed E-state index contributed by atoms with van der Waals surface area (Å²) < 4.78 is 4.77. The van der Waals surface area contributed by atoms with E-state index in [2.05, 4.69) is 0 Å². The van der Waals surface area contributed by atoms with Gasteiger partial charge in [0, 0.05) is 0 Å². The molecule has 1 unspecified atom stereocenters. The third-order valence-corrected chi connectivity index (χ3v) is 2.34. The van der Waals surface area contributed by atoms with Crippen molar-refractivity contribution in [3.8, 4) is 6.07 Å². The molecule has 0 fully saturated rings. The fourth-order valence-corrected chi connectivity index (χ4v) is 1.49. The van der Waals surface area contributed by atoms with Crippen LogP contribution >= 0.6 is 0 Å². The first-order valence-electron chi connectivity index (χ1n) is 5.47. The van der Waals surface area contributed by atoms with Crippen LogP contribution in [0.3, 0.4) is 0 Å². The molecule has 0 amide bonds. The van der Waals surface area contributed by atoms with Crippen molar-refractivity contribution in [1.82, 2.24) is 0 Å². The smallest absolute Gasteiger partial charge is 0.335 e. The maximum atomic E-state index is 11.4. The van der Waals surface area contributed by atoms with Crippen molar-refractivity contribution < 1.29 is 19.4 Å². The van der Waals surface area contributed by atoms with E-state index in [0.717, 1.165) is 0 Å². The van der Waals surface area contributed by atoms with Crippen molar-refractivity contribution in [3.05, 3.63) is 35.4 Å². The summed E-state index contributed by atoms with van der Waals surface area (Å²) in [4.78, 5) is 22.2. The van der Waals surface area contributed by atoms with E-state index in [1.54, 1.807) is 19.1 Å².